The molecule has 0 fully saturated rings. The number of thioether (sulfide) groups is 1. The second kappa shape index (κ2) is 7.68. The zero-order chi connectivity index (χ0) is 20.5. The summed E-state index contributed by atoms with van der Waals surface area (Å²) in [5.74, 6) is 0.357. The molecule has 0 saturated carbocycles. The van der Waals surface area contributed by atoms with Gasteiger partial charge in [0, 0.05) is 0 Å². The summed E-state index contributed by atoms with van der Waals surface area (Å²) in [7, 11) is 0. The van der Waals surface area contributed by atoms with Gasteiger partial charge in [-0.05, 0) is 17.7 Å². The van der Waals surface area contributed by atoms with Crippen LogP contribution in [0.3, 0.4) is 0 Å². The number of fused-ring (bicyclic) bond motifs is 2. The zero-order valence-corrected chi connectivity index (χ0v) is 16.4. The molecule has 0 aliphatic carbocycles. The summed E-state index contributed by atoms with van der Waals surface area (Å²) in [4.78, 5) is 26.3. The van der Waals surface area contributed by atoms with E-state index in [4.69, 9.17) is 0 Å². The largest absolute Gasteiger partial charge is 0.291 e. The van der Waals surface area contributed by atoms with Crippen LogP contribution in [-0.4, -0.2) is 29.7 Å². The number of nitrogens with zero attached hydrogens (tertiary/aromatic N) is 5. The van der Waals surface area contributed by atoms with Gasteiger partial charge in [0.05, 0.1) is 29.4 Å². The van der Waals surface area contributed by atoms with Gasteiger partial charge in [0.1, 0.15) is 28.4 Å². The number of hydrogen-bond acceptors (Lipinski definition) is 6. The van der Waals surface area contributed by atoms with Crippen molar-refractivity contribution in [1.82, 2.24) is 29.7 Å². The highest BCUT2D eigenvalue weighted by Gasteiger charge is 2.16. The van der Waals surface area contributed by atoms with E-state index in [2.05, 4.69) is 25.1 Å². The van der Waals surface area contributed by atoms with Gasteiger partial charge in [-0.25, -0.2) is 19.3 Å². The van der Waals surface area contributed by atoms with E-state index in [-0.39, 0.29) is 5.39 Å². The molecular formula is C21H15FN6OS. The van der Waals surface area contributed by atoms with E-state index in [1.807, 2.05) is 30.3 Å². The standard InChI is InChI=1S/C21H15FN6OS/c22-15-7-4-8-16-18(15)21(29)28(10-13-5-2-1-3-6-13)17(26-16)11-30-20-14-9-25-27-19(14)23-12-24-20/h1-9,12H,10-11H2,(H,23,24,25,27). The van der Waals surface area contributed by atoms with Crippen molar-refractivity contribution < 1.29 is 4.39 Å². The zero-order valence-electron chi connectivity index (χ0n) is 15.6. The van der Waals surface area contributed by atoms with Crippen LogP contribution in [-0.2, 0) is 12.3 Å². The lowest BCUT2D eigenvalue weighted by atomic mass is 10.2. The van der Waals surface area contributed by atoms with Crippen molar-refractivity contribution in [2.75, 3.05) is 0 Å². The van der Waals surface area contributed by atoms with Crippen LogP contribution in [0.5, 0.6) is 0 Å². The first kappa shape index (κ1) is 18.4. The molecule has 2 aromatic carbocycles. The number of hydrogen-bond donors (Lipinski definition) is 1. The number of aromatic amines is 1. The molecule has 0 amide bonds. The van der Waals surface area contributed by atoms with Gasteiger partial charge in [-0.1, -0.05) is 48.2 Å². The van der Waals surface area contributed by atoms with Crippen LogP contribution >= 0.6 is 11.8 Å². The minimum absolute atomic E-state index is 0.00134. The maximum atomic E-state index is 14.4. The normalized spacial score (nSPS) is 11.4. The molecule has 0 atom stereocenters. The minimum atomic E-state index is -0.568. The first-order chi connectivity index (χ1) is 14.7. The van der Waals surface area contributed by atoms with Gasteiger partial charge in [0.25, 0.3) is 5.56 Å². The number of rotatable bonds is 5. The van der Waals surface area contributed by atoms with Crippen LogP contribution in [0.25, 0.3) is 21.9 Å². The summed E-state index contributed by atoms with van der Waals surface area (Å²) in [6.45, 7) is 0.303. The topological polar surface area (TPSA) is 89.3 Å². The number of nitrogens with one attached hydrogen (secondary N) is 1. The van der Waals surface area contributed by atoms with Gasteiger partial charge in [-0.15, -0.1) is 0 Å². The van der Waals surface area contributed by atoms with Crippen LogP contribution < -0.4 is 5.56 Å². The first-order valence-electron chi connectivity index (χ1n) is 9.19. The number of aromatic nitrogens is 6. The quantitative estimate of drug-likeness (QED) is 0.347. The van der Waals surface area contributed by atoms with Crippen LogP contribution in [0.15, 0.2) is 70.9 Å². The minimum Gasteiger partial charge on any atom is -0.291 e. The van der Waals surface area contributed by atoms with E-state index in [0.29, 0.717) is 29.3 Å². The lowest BCUT2D eigenvalue weighted by Gasteiger charge is -2.14. The Bertz CT molecular complexity index is 1420. The average molecular weight is 418 g/mol. The van der Waals surface area contributed by atoms with E-state index >= 15 is 0 Å². The molecule has 3 heterocycles. The van der Waals surface area contributed by atoms with Crippen molar-refractivity contribution in [3.8, 4) is 0 Å². The van der Waals surface area contributed by atoms with Gasteiger partial charge in [0.15, 0.2) is 5.65 Å². The molecule has 148 valence electrons. The van der Waals surface area contributed by atoms with E-state index in [1.165, 1.54) is 28.7 Å². The maximum absolute atomic E-state index is 14.4. The third kappa shape index (κ3) is 3.33. The molecule has 0 aliphatic heterocycles. The Morgan fingerprint density at radius 3 is 2.80 bits per heavy atom. The molecule has 0 radical (unpaired) electrons. The monoisotopic (exact) mass is 418 g/mol. The molecule has 0 spiro atoms. The molecule has 0 unspecified atom stereocenters. The Morgan fingerprint density at radius 2 is 1.93 bits per heavy atom. The predicted molar refractivity (Wildman–Crippen MR) is 113 cm³/mol. The molecule has 0 saturated heterocycles. The molecule has 1 N–H and O–H groups in total. The first-order valence-corrected chi connectivity index (χ1v) is 10.2. The summed E-state index contributed by atoms with van der Waals surface area (Å²) in [5, 5.41) is 8.35. The molecular weight excluding hydrogens is 403 g/mol. The van der Waals surface area contributed by atoms with Crippen molar-refractivity contribution >= 4 is 33.7 Å². The summed E-state index contributed by atoms with van der Waals surface area (Å²) < 4.78 is 15.9. The summed E-state index contributed by atoms with van der Waals surface area (Å²) >= 11 is 1.43. The van der Waals surface area contributed by atoms with E-state index < -0.39 is 11.4 Å². The molecule has 7 nitrogen and oxygen atoms in total. The molecule has 0 bridgehead atoms. The molecule has 3 aromatic heterocycles. The van der Waals surface area contributed by atoms with Crippen LogP contribution in [0, 0.1) is 5.82 Å². The Morgan fingerprint density at radius 1 is 1.07 bits per heavy atom. The molecule has 5 aromatic rings. The Kier molecular flexibility index (Phi) is 4.72. The Labute approximate surface area is 174 Å². The summed E-state index contributed by atoms with van der Waals surface area (Å²) in [5.41, 5.74) is 1.52. The predicted octanol–water partition coefficient (Wildman–Crippen LogP) is 3.54. The average Bonchev–Trinajstić information content (AvgIpc) is 3.25. The SMILES string of the molecule is O=c1c2c(F)cccc2nc(CSc2ncnc3[nH]ncc23)n1Cc1ccccc1. The van der Waals surface area contributed by atoms with Crippen LogP contribution in [0.2, 0.25) is 0 Å². The third-order valence-corrected chi connectivity index (χ3v) is 5.75. The maximum Gasteiger partial charge on any atom is 0.264 e. The molecule has 30 heavy (non-hydrogen) atoms. The number of H-pyrrole nitrogens is 1. The highest BCUT2D eigenvalue weighted by Crippen LogP contribution is 2.26. The van der Waals surface area contributed by atoms with E-state index in [0.717, 1.165) is 16.0 Å². The van der Waals surface area contributed by atoms with Crippen molar-refractivity contribution in [3.05, 3.63) is 88.6 Å². The van der Waals surface area contributed by atoms with Crippen molar-refractivity contribution in [3.63, 3.8) is 0 Å². The van der Waals surface area contributed by atoms with Gasteiger partial charge in [0.2, 0.25) is 0 Å². The lowest BCUT2D eigenvalue weighted by molar-refractivity contribution is 0.631. The fourth-order valence-corrected chi connectivity index (χ4v) is 4.21. The van der Waals surface area contributed by atoms with Crippen LogP contribution in [0.4, 0.5) is 4.39 Å². The van der Waals surface area contributed by atoms with Gasteiger partial charge in [-0.3, -0.25) is 14.5 Å². The Balaban J connectivity index is 1.59. The second-order valence-corrected chi connectivity index (χ2v) is 7.60. The molecule has 0 aliphatic rings. The second-order valence-electron chi connectivity index (χ2n) is 6.64. The van der Waals surface area contributed by atoms with Gasteiger partial charge < -0.3 is 0 Å². The fraction of sp³-hybridized carbons (Fsp3) is 0.0952. The van der Waals surface area contributed by atoms with Crippen molar-refractivity contribution in [2.45, 2.75) is 17.3 Å². The van der Waals surface area contributed by atoms with Gasteiger partial charge in [-0.2, -0.15) is 5.10 Å². The summed E-state index contributed by atoms with van der Waals surface area (Å²) in [6.07, 6.45) is 3.13. The molecule has 5 rings (SSSR count). The summed E-state index contributed by atoms with van der Waals surface area (Å²) in [6, 6.07) is 14.1. The van der Waals surface area contributed by atoms with E-state index in [1.54, 1.807) is 18.3 Å². The lowest BCUT2D eigenvalue weighted by Crippen LogP contribution is -2.26. The van der Waals surface area contributed by atoms with Crippen LogP contribution in [0.1, 0.15) is 11.4 Å². The van der Waals surface area contributed by atoms with Crippen molar-refractivity contribution in [2.24, 2.45) is 0 Å². The number of halogens is 1. The highest BCUT2D eigenvalue weighted by atomic mass is 32.2. The fourth-order valence-electron chi connectivity index (χ4n) is 3.30. The molecule has 9 heteroatoms. The van der Waals surface area contributed by atoms with Gasteiger partial charge >= 0.3 is 0 Å². The third-order valence-electron chi connectivity index (χ3n) is 4.74. The van der Waals surface area contributed by atoms with E-state index in [9.17, 15) is 9.18 Å². The number of benzene rings is 2. The Hall–Kier alpha value is -3.59. The van der Waals surface area contributed by atoms with Crippen molar-refractivity contribution in [1.29, 1.82) is 0 Å². The smallest absolute Gasteiger partial charge is 0.264 e. The highest BCUT2D eigenvalue weighted by molar-refractivity contribution is 7.98.